The highest BCUT2D eigenvalue weighted by Gasteiger charge is 2.40. The minimum atomic E-state index is -0.595. The molecule has 2 aliphatic rings. The molecule has 1 saturated carbocycles. The number of hydrogen-bond acceptors (Lipinski definition) is 3. The molecule has 2 N–H and O–H groups in total. The van der Waals surface area contributed by atoms with E-state index in [0.29, 0.717) is 5.92 Å². The monoisotopic (exact) mass is 276 g/mol. The van der Waals surface area contributed by atoms with Gasteiger partial charge < -0.3 is 10.6 Å². The van der Waals surface area contributed by atoms with Gasteiger partial charge in [0.15, 0.2) is 0 Å². The predicted molar refractivity (Wildman–Crippen MR) is 77.1 cm³/mol. The van der Waals surface area contributed by atoms with Crippen molar-refractivity contribution in [1.29, 1.82) is 0 Å². The van der Waals surface area contributed by atoms with Gasteiger partial charge in [-0.1, -0.05) is 19.3 Å². The van der Waals surface area contributed by atoms with Crippen molar-refractivity contribution in [3.8, 4) is 0 Å². The Morgan fingerprint density at radius 2 is 2.15 bits per heavy atom. The lowest BCUT2D eigenvalue weighted by Crippen LogP contribution is -2.55. The van der Waals surface area contributed by atoms with Crippen LogP contribution in [-0.4, -0.2) is 39.2 Å². The van der Waals surface area contributed by atoms with Crippen molar-refractivity contribution in [1.82, 2.24) is 14.7 Å². The summed E-state index contributed by atoms with van der Waals surface area (Å²) in [6.07, 6.45) is 10.1. The summed E-state index contributed by atoms with van der Waals surface area (Å²) < 4.78 is 1.82. The highest BCUT2D eigenvalue weighted by atomic mass is 16.2. The first-order valence-electron chi connectivity index (χ1n) is 7.65. The fourth-order valence-corrected chi connectivity index (χ4v) is 3.58. The smallest absolute Gasteiger partial charge is 0.242 e. The quantitative estimate of drug-likeness (QED) is 0.888. The molecule has 1 amide bonds. The zero-order valence-corrected chi connectivity index (χ0v) is 12.2. The number of aromatic nitrogens is 2. The van der Waals surface area contributed by atoms with Crippen molar-refractivity contribution in [2.75, 3.05) is 13.1 Å². The molecule has 2 fully saturated rings. The Kier molecular flexibility index (Phi) is 3.54. The first kappa shape index (κ1) is 13.6. The van der Waals surface area contributed by atoms with Gasteiger partial charge in [-0.25, -0.2) is 0 Å². The molecule has 1 atom stereocenters. The summed E-state index contributed by atoms with van der Waals surface area (Å²) in [4.78, 5) is 14.7. The first-order valence-corrected chi connectivity index (χ1v) is 7.65. The van der Waals surface area contributed by atoms with Crippen LogP contribution in [0.4, 0.5) is 0 Å². The van der Waals surface area contributed by atoms with Crippen molar-refractivity contribution < 1.29 is 4.79 Å². The summed E-state index contributed by atoms with van der Waals surface area (Å²) in [6.45, 7) is 1.63. The molecule has 1 aromatic rings. The lowest BCUT2D eigenvalue weighted by atomic mass is 9.81. The third-order valence-electron chi connectivity index (χ3n) is 4.84. The average molecular weight is 276 g/mol. The largest absolute Gasteiger partial charge is 0.340 e. The van der Waals surface area contributed by atoms with Gasteiger partial charge in [0.25, 0.3) is 0 Å². The Balaban J connectivity index is 1.66. The van der Waals surface area contributed by atoms with Gasteiger partial charge in [0.1, 0.15) is 0 Å². The van der Waals surface area contributed by atoms with Crippen molar-refractivity contribution >= 4 is 5.91 Å². The van der Waals surface area contributed by atoms with Crippen LogP contribution in [0.1, 0.15) is 50.0 Å². The van der Waals surface area contributed by atoms with Crippen LogP contribution >= 0.6 is 0 Å². The molecular weight excluding hydrogens is 252 g/mol. The van der Waals surface area contributed by atoms with Crippen molar-refractivity contribution in [2.24, 2.45) is 12.8 Å². The topological polar surface area (TPSA) is 64.2 Å². The fourth-order valence-electron chi connectivity index (χ4n) is 3.58. The van der Waals surface area contributed by atoms with E-state index in [0.717, 1.165) is 45.2 Å². The lowest BCUT2D eigenvalue weighted by molar-refractivity contribution is -0.137. The van der Waals surface area contributed by atoms with Gasteiger partial charge in [-0.15, -0.1) is 0 Å². The van der Waals surface area contributed by atoms with Crippen LogP contribution in [0.5, 0.6) is 0 Å². The number of hydrogen-bond donors (Lipinski definition) is 1. The average Bonchev–Trinajstić information content (AvgIpc) is 3.07. The number of nitrogens with zero attached hydrogens (tertiary/aromatic N) is 3. The van der Waals surface area contributed by atoms with Crippen LogP contribution in [-0.2, 0) is 11.8 Å². The van der Waals surface area contributed by atoms with Gasteiger partial charge in [-0.05, 0) is 24.8 Å². The van der Waals surface area contributed by atoms with Crippen LogP contribution in [0.3, 0.4) is 0 Å². The van der Waals surface area contributed by atoms with E-state index in [-0.39, 0.29) is 5.91 Å². The molecule has 0 bridgehead atoms. The molecule has 5 nitrogen and oxygen atoms in total. The maximum atomic E-state index is 12.7. The van der Waals surface area contributed by atoms with E-state index in [1.54, 1.807) is 0 Å². The molecule has 0 spiro atoms. The molecule has 20 heavy (non-hydrogen) atoms. The number of likely N-dealkylation sites (tertiary alicyclic amines) is 1. The molecule has 0 aromatic carbocycles. The number of carbonyl (C=O) groups is 1. The van der Waals surface area contributed by atoms with Crippen molar-refractivity contribution in [2.45, 2.75) is 50.0 Å². The molecule has 1 aromatic heterocycles. The Hall–Kier alpha value is -1.36. The van der Waals surface area contributed by atoms with Crippen molar-refractivity contribution in [3.63, 3.8) is 0 Å². The molecule has 1 saturated heterocycles. The van der Waals surface area contributed by atoms with E-state index in [1.165, 1.54) is 12.0 Å². The number of nitrogens with two attached hydrogens (primary N) is 1. The molecule has 1 aliphatic carbocycles. The van der Waals surface area contributed by atoms with E-state index < -0.39 is 5.54 Å². The van der Waals surface area contributed by atoms with Crippen LogP contribution in [0, 0.1) is 0 Å². The van der Waals surface area contributed by atoms with Gasteiger partial charge in [0, 0.05) is 32.3 Å². The van der Waals surface area contributed by atoms with Crippen LogP contribution < -0.4 is 5.73 Å². The number of amides is 1. The number of rotatable bonds is 2. The van der Waals surface area contributed by atoms with Gasteiger partial charge in [0.2, 0.25) is 5.91 Å². The van der Waals surface area contributed by atoms with E-state index in [1.807, 2.05) is 22.8 Å². The van der Waals surface area contributed by atoms with E-state index in [2.05, 4.69) is 11.3 Å². The zero-order valence-electron chi connectivity index (χ0n) is 12.2. The van der Waals surface area contributed by atoms with Gasteiger partial charge in [-0.3, -0.25) is 9.48 Å². The van der Waals surface area contributed by atoms with Crippen LogP contribution in [0.2, 0.25) is 0 Å². The molecule has 1 aliphatic heterocycles. The molecule has 0 radical (unpaired) electrons. The fraction of sp³-hybridized carbons (Fsp3) is 0.733. The van der Waals surface area contributed by atoms with Crippen molar-refractivity contribution in [3.05, 3.63) is 18.0 Å². The zero-order chi connectivity index (χ0) is 14.2. The molecule has 2 heterocycles. The van der Waals surface area contributed by atoms with E-state index >= 15 is 0 Å². The van der Waals surface area contributed by atoms with E-state index in [4.69, 9.17) is 5.73 Å². The summed E-state index contributed by atoms with van der Waals surface area (Å²) in [5.74, 6) is 0.587. The standard InChI is InChI=1S/C15H24N4O/c1-18-10-13(9-17-18)12-5-8-19(11-12)14(20)15(16)6-3-2-4-7-15/h9-10,12H,2-8,11,16H2,1H3. The highest BCUT2D eigenvalue weighted by Crippen LogP contribution is 2.32. The first-order chi connectivity index (χ1) is 9.58. The van der Waals surface area contributed by atoms with E-state index in [9.17, 15) is 4.79 Å². The highest BCUT2D eigenvalue weighted by molar-refractivity contribution is 5.86. The van der Waals surface area contributed by atoms with Gasteiger partial charge in [-0.2, -0.15) is 5.10 Å². The second-order valence-corrected chi connectivity index (χ2v) is 6.40. The summed E-state index contributed by atoms with van der Waals surface area (Å²) >= 11 is 0. The maximum absolute atomic E-state index is 12.7. The Labute approximate surface area is 120 Å². The molecule has 5 heteroatoms. The molecule has 110 valence electrons. The van der Waals surface area contributed by atoms with Crippen LogP contribution in [0.25, 0.3) is 0 Å². The molecular formula is C15H24N4O. The Morgan fingerprint density at radius 3 is 2.80 bits per heavy atom. The molecule has 3 rings (SSSR count). The number of aryl methyl sites for hydroxylation is 1. The van der Waals surface area contributed by atoms with Gasteiger partial charge >= 0.3 is 0 Å². The van der Waals surface area contributed by atoms with Gasteiger partial charge in [0.05, 0.1) is 11.7 Å². The summed E-state index contributed by atoms with van der Waals surface area (Å²) in [7, 11) is 1.93. The predicted octanol–water partition coefficient (Wildman–Crippen LogP) is 1.40. The summed E-state index contributed by atoms with van der Waals surface area (Å²) in [5.41, 5.74) is 7.00. The summed E-state index contributed by atoms with van der Waals surface area (Å²) in [6, 6.07) is 0. The Bertz CT molecular complexity index is 490. The second-order valence-electron chi connectivity index (χ2n) is 6.40. The minimum Gasteiger partial charge on any atom is -0.340 e. The second kappa shape index (κ2) is 5.20. The maximum Gasteiger partial charge on any atom is 0.242 e. The third kappa shape index (κ3) is 2.46. The number of carbonyl (C=O) groups excluding carboxylic acids is 1. The summed E-state index contributed by atoms with van der Waals surface area (Å²) in [5, 5.41) is 4.22. The third-order valence-corrected chi connectivity index (χ3v) is 4.84. The lowest BCUT2D eigenvalue weighted by Gasteiger charge is -2.35. The minimum absolute atomic E-state index is 0.170. The SMILES string of the molecule is Cn1cc(C2CCN(C(=O)C3(N)CCCCC3)C2)cn1. The Morgan fingerprint density at radius 1 is 1.40 bits per heavy atom. The normalized spacial score (nSPS) is 25.9. The molecule has 1 unspecified atom stereocenters. The van der Waals surface area contributed by atoms with Crippen LogP contribution in [0.15, 0.2) is 12.4 Å².